The fourth-order valence-electron chi connectivity index (χ4n) is 9.96. The third-order valence-electron chi connectivity index (χ3n) is 13.1. The number of hydrogen-bond acceptors (Lipinski definition) is 5. The molecular formula is C47H53ClFNO4. The minimum atomic E-state index is -1.29. The van der Waals surface area contributed by atoms with E-state index in [2.05, 4.69) is 24.8 Å². The summed E-state index contributed by atoms with van der Waals surface area (Å²) in [6.07, 6.45) is 7.56. The molecule has 5 nitrogen and oxygen atoms in total. The van der Waals surface area contributed by atoms with Crippen LogP contribution in [0, 0.1) is 11.2 Å². The Labute approximate surface area is 324 Å². The Morgan fingerprint density at radius 2 is 1.65 bits per heavy atom. The Kier molecular flexibility index (Phi) is 11.3. The molecule has 1 saturated carbocycles. The molecule has 4 aromatic carbocycles. The lowest BCUT2D eigenvalue weighted by Gasteiger charge is -2.48. The smallest absolute Gasteiger partial charge is 0.167 e. The average Bonchev–Trinajstić information content (AvgIpc) is 3.73. The number of aliphatic hydroxyl groups excluding tert-OH is 1. The summed E-state index contributed by atoms with van der Waals surface area (Å²) in [6, 6.07) is 29.9. The first-order valence-corrected chi connectivity index (χ1v) is 20.0. The number of nitrogens with zero attached hydrogens (tertiary/aromatic N) is 1. The number of ketones is 1. The second kappa shape index (κ2) is 15.8. The fourth-order valence-corrected chi connectivity index (χ4v) is 10.2. The first-order chi connectivity index (χ1) is 25.9. The summed E-state index contributed by atoms with van der Waals surface area (Å²) in [5.74, 6) is -0.916. The van der Waals surface area contributed by atoms with E-state index in [4.69, 9.17) is 11.6 Å². The Bertz CT molecular complexity index is 1920. The van der Waals surface area contributed by atoms with Crippen molar-refractivity contribution in [2.24, 2.45) is 5.41 Å². The zero-order chi connectivity index (χ0) is 38.1. The molecule has 3 aliphatic carbocycles. The van der Waals surface area contributed by atoms with Crippen LogP contribution in [0.15, 0.2) is 109 Å². The molecule has 0 unspecified atom stereocenters. The lowest BCUT2D eigenvalue weighted by atomic mass is 9.64. The van der Waals surface area contributed by atoms with Crippen molar-refractivity contribution in [3.05, 3.63) is 153 Å². The van der Waals surface area contributed by atoms with Crippen LogP contribution in [0.25, 0.3) is 0 Å². The Hall–Kier alpha value is -3.65. The molecule has 7 heteroatoms. The summed E-state index contributed by atoms with van der Waals surface area (Å²) in [4.78, 5) is 16.7. The molecular weight excluding hydrogens is 697 g/mol. The third kappa shape index (κ3) is 7.36. The fraction of sp³-hybridized carbons (Fsp3) is 0.426. The van der Waals surface area contributed by atoms with Gasteiger partial charge >= 0.3 is 0 Å². The number of likely N-dealkylation sites (tertiary alicyclic amines) is 1. The van der Waals surface area contributed by atoms with E-state index in [1.54, 1.807) is 6.07 Å². The number of carbonyl (C=O) groups excluding carboxylic acids is 1. The highest BCUT2D eigenvalue weighted by atomic mass is 35.5. The van der Waals surface area contributed by atoms with Gasteiger partial charge in [0.1, 0.15) is 11.4 Å². The largest absolute Gasteiger partial charge is 0.393 e. The predicted molar refractivity (Wildman–Crippen MR) is 213 cm³/mol. The molecule has 4 aromatic rings. The number of rotatable bonds is 8. The highest BCUT2D eigenvalue weighted by Gasteiger charge is 2.59. The van der Waals surface area contributed by atoms with Crippen LogP contribution >= 0.6 is 11.6 Å². The van der Waals surface area contributed by atoms with Crippen LogP contribution in [0.2, 0.25) is 5.02 Å². The zero-order valence-electron chi connectivity index (χ0n) is 31.5. The molecule has 0 amide bonds. The van der Waals surface area contributed by atoms with Crippen molar-refractivity contribution in [2.45, 2.75) is 107 Å². The van der Waals surface area contributed by atoms with E-state index in [1.165, 1.54) is 17.7 Å². The second-order valence-electron chi connectivity index (χ2n) is 16.4. The molecule has 5 atom stereocenters. The highest BCUT2D eigenvalue weighted by Crippen LogP contribution is 2.59. The number of halogens is 2. The normalized spacial score (nSPS) is 26.6. The molecule has 1 saturated heterocycles. The molecule has 1 heterocycles. The van der Waals surface area contributed by atoms with Gasteiger partial charge in [0, 0.05) is 40.6 Å². The van der Waals surface area contributed by atoms with Crippen molar-refractivity contribution in [1.82, 2.24) is 4.90 Å². The number of β-amino-alcohol motifs (C(OH)–C–C–N with tert-alkyl or cyclic N) is 1. The monoisotopic (exact) mass is 749 g/mol. The zero-order valence-corrected chi connectivity index (χ0v) is 32.2. The summed E-state index contributed by atoms with van der Waals surface area (Å²) in [5, 5.41) is 37.3. The van der Waals surface area contributed by atoms with Crippen molar-refractivity contribution in [3.63, 3.8) is 0 Å². The molecule has 54 heavy (non-hydrogen) atoms. The first-order valence-electron chi connectivity index (χ1n) is 19.7. The van der Waals surface area contributed by atoms with Gasteiger partial charge in [-0.05, 0) is 118 Å². The minimum Gasteiger partial charge on any atom is -0.393 e. The SMILES string of the molecule is CC1=CCC[C@@]2(C)[C@@H](CC[C@@]2(O)CN2CCC[C@@H]2C(O)(c2ccccc2)c2ccccc2)c2ccc(cc2C(=O)Cc2c(F)cccc2Cl)C[C@@H](O)CC1. The highest BCUT2D eigenvalue weighted by molar-refractivity contribution is 6.31. The molecule has 1 aliphatic heterocycles. The van der Waals surface area contributed by atoms with Crippen molar-refractivity contribution in [1.29, 1.82) is 0 Å². The third-order valence-corrected chi connectivity index (χ3v) is 13.5. The van der Waals surface area contributed by atoms with Gasteiger partial charge in [0.2, 0.25) is 0 Å². The van der Waals surface area contributed by atoms with Gasteiger partial charge in [-0.2, -0.15) is 0 Å². The number of Topliss-reactive ketones (excluding diaryl/α,β-unsaturated/α-hetero) is 1. The molecule has 0 aromatic heterocycles. The van der Waals surface area contributed by atoms with Crippen LogP contribution in [0.4, 0.5) is 4.39 Å². The van der Waals surface area contributed by atoms with E-state index >= 15 is 4.39 Å². The van der Waals surface area contributed by atoms with Crippen molar-refractivity contribution in [2.75, 3.05) is 13.1 Å². The lowest BCUT2D eigenvalue weighted by molar-refractivity contribution is -0.101. The Morgan fingerprint density at radius 3 is 2.33 bits per heavy atom. The van der Waals surface area contributed by atoms with Crippen LogP contribution in [0.5, 0.6) is 0 Å². The van der Waals surface area contributed by atoms with Crippen LogP contribution < -0.4 is 0 Å². The van der Waals surface area contributed by atoms with E-state index in [0.29, 0.717) is 44.2 Å². The summed E-state index contributed by atoms with van der Waals surface area (Å²) in [6.45, 7) is 5.43. The minimum absolute atomic E-state index is 0.170. The maximum absolute atomic E-state index is 15.0. The molecule has 4 aliphatic rings. The van der Waals surface area contributed by atoms with Gasteiger partial charge in [-0.15, -0.1) is 0 Å². The van der Waals surface area contributed by atoms with E-state index in [1.807, 2.05) is 78.9 Å². The van der Waals surface area contributed by atoms with Gasteiger partial charge < -0.3 is 15.3 Å². The van der Waals surface area contributed by atoms with Crippen LogP contribution in [0.3, 0.4) is 0 Å². The standard InChI is InChI=1S/C47H53ClFNO4/c1-32-12-10-25-45(2)40(37-23-21-33(28-36(51)22-20-32)29-38(37)43(52)30-39-41(48)17-9-18-42(39)49)24-26-46(45,53)31-50-27-11-19-44(50)47(54,34-13-5-3-6-14-34)35-15-7-4-8-16-35/h3-9,12-18,21,23,29,36,40,44,51,53-54H,10-11,19-20,22,24-28,30-31H2,1-2H3/t36-,40-,44+,45-,46+/m0/s1. The number of aliphatic hydroxyl groups is 3. The van der Waals surface area contributed by atoms with Gasteiger partial charge in [-0.1, -0.05) is 109 Å². The topological polar surface area (TPSA) is 81.0 Å². The molecule has 8 rings (SSSR count). The van der Waals surface area contributed by atoms with Crippen molar-refractivity contribution in [3.8, 4) is 0 Å². The van der Waals surface area contributed by atoms with E-state index in [-0.39, 0.29) is 34.7 Å². The van der Waals surface area contributed by atoms with E-state index in [0.717, 1.165) is 54.5 Å². The van der Waals surface area contributed by atoms with Crippen LogP contribution in [-0.2, 0) is 18.4 Å². The molecule has 0 spiro atoms. The summed E-state index contributed by atoms with van der Waals surface area (Å²) in [5.41, 5.74) is 2.18. The summed E-state index contributed by atoms with van der Waals surface area (Å²) in [7, 11) is 0. The molecule has 2 fully saturated rings. The maximum atomic E-state index is 15.0. The lowest BCUT2D eigenvalue weighted by Crippen LogP contribution is -2.57. The average molecular weight is 750 g/mol. The van der Waals surface area contributed by atoms with Crippen LogP contribution in [-0.4, -0.2) is 56.8 Å². The number of benzene rings is 4. The predicted octanol–water partition coefficient (Wildman–Crippen LogP) is 9.34. The second-order valence-corrected chi connectivity index (χ2v) is 16.8. The Balaban J connectivity index is 1.29. The van der Waals surface area contributed by atoms with E-state index < -0.39 is 28.5 Å². The number of carbonyl (C=O) groups is 1. The van der Waals surface area contributed by atoms with Gasteiger partial charge in [0.25, 0.3) is 0 Å². The quantitative estimate of drug-likeness (QED) is 0.124. The van der Waals surface area contributed by atoms with Gasteiger partial charge in [-0.3, -0.25) is 9.69 Å². The first kappa shape index (κ1) is 38.6. The van der Waals surface area contributed by atoms with Gasteiger partial charge in [-0.25, -0.2) is 4.39 Å². The molecule has 2 bridgehead atoms. The number of fused-ring (bicyclic) bond motifs is 8. The molecule has 3 N–H and O–H groups in total. The maximum Gasteiger partial charge on any atom is 0.167 e. The molecule has 284 valence electrons. The summed E-state index contributed by atoms with van der Waals surface area (Å²) < 4.78 is 15.0. The summed E-state index contributed by atoms with van der Waals surface area (Å²) >= 11 is 6.42. The number of allylic oxidation sites excluding steroid dienone is 2. The van der Waals surface area contributed by atoms with Gasteiger partial charge in [0.05, 0.1) is 11.7 Å². The van der Waals surface area contributed by atoms with Crippen molar-refractivity contribution < 1.29 is 24.5 Å². The van der Waals surface area contributed by atoms with Crippen LogP contribution in [0.1, 0.15) is 109 Å². The Morgan fingerprint density at radius 1 is 0.944 bits per heavy atom. The van der Waals surface area contributed by atoms with Crippen molar-refractivity contribution >= 4 is 17.4 Å². The van der Waals surface area contributed by atoms with Gasteiger partial charge in [0.15, 0.2) is 5.78 Å². The molecule has 0 radical (unpaired) electrons. The van der Waals surface area contributed by atoms with E-state index in [9.17, 15) is 20.1 Å². The number of hydrogen-bond donors (Lipinski definition) is 3.